The van der Waals surface area contributed by atoms with Gasteiger partial charge in [-0.15, -0.1) is 0 Å². The van der Waals surface area contributed by atoms with Crippen molar-refractivity contribution in [2.45, 2.75) is 26.3 Å². The molecule has 0 aliphatic heterocycles. The van der Waals surface area contributed by atoms with Crippen LogP contribution in [0.4, 0.5) is 11.5 Å². The van der Waals surface area contributed by atoms with E-state index in [1.165, 1.54) is 6.33 Å². The van der Waals surface area contributed by atoms with Crippen molar-refractivity contribution in [3.05, 3.63) is 53.0 Å². The van der Waals surface area contributed by atoms with Gasteiger partial charge in [0, 0.05) is 17.6 Å². The summed E-state index contributed by atoms with van der Waals surface area (Å²) in [5.41, 5.74) is 0.310. The number of hydrogen-bond acceptors (Lipinski definition) is 7. The van der Waals surface area contributed by atoms with Crippen LogP contribution in [0.25, 0.3) is 10.9 Å². The van der Waals surface area contributed by atoms with Crippen LogP contribution in [-0.2, 0) is 0 Å². The van der Waals surface area contributed by atoms with E-state index in [1.807, 2.05) is 32.0 Å². The second kappa shape index (κ2) is 7.08. The zero-order chi connectivity index (χ0) is 17.8. The summed E-state index contributed by atoms with van der Waals surface area (Å²) in [4.78, 5) is 23.2. The van der Waals surface area contributed by atoms with Gasteiger partial charge in [0.1, 0.15) is 11.8 Å². The highest BCUT2D eigenvalue weighted by molar-refractivity contribution is 5.84. The van der Waals surface area contributed by atoms with Gasteiger partial charge in [-0.2, -0.15) is 4.98 Å². The smallest absolute Gasteiger partial charge is 0.373 e. The van der Waals surface area contributed by atoms with Gasteiger partial charge in [-0.05, 0) is 25.5 Å². The summed E-state index contributed by atoms with van der Waals surface area (Å²) in [6, 6.07) is 9.11. The number of pyridine rings is 1. The first-order valence-electron chi connectivity index (χ1n) is 7.87. The normalized spacial score (nSPS) is 11.9. The Kier molecular flexibility index (Phi) is 4.69. The molecule has 0 saturated heterocycles. The second-order valence-corrected chi connectivity index (χ2v) is 5.52. The molecular weight excluding hydrogens is 322 g/mol. The number of aromatic nitrogens is 3. The van der Waals surface area contributed by atoms with Gasteiger partial charge in [0.05, 0.1) is 4.92 Å². The summed E-state index contributed by atoms with van der Waals surface area (Å²) >= 11 is 0. The molecule has 0 fully saturated rings. The third-order valence-corrected chi connectivity index (χ3v) is 3.77. The summed E-state index contributed by atoms with van der Waals surface area (Å²) < 4.78 is 5.74. The van der Waals surface area contributed by atoms with E-state index in [0.29, 0.717) is 11.3 Å². The lowest BCUT2D eigenvalue weighted by Gasteiger charge is -2.13. The fourth-order valence-electron chi connectivity index (χ4n) is 2.31. The van der Waals surface area contributed by atoms with E-state index < -0.39 is 4.92 Å². The SMILES string of the molecule is CCC(C)Nc1ncnc(Oc2cccc3cccnc23)c1[N+](=O)[O-]. The largest absolute Gasteiger partial charge is 0.431 e. The molecule has 1 unspecified atom stereocenters. The maximum Gasteiger partial charge on any atom is 0.373 e. The predicted octanol–water partition coefficient (Wildman–Crippen LogP) is 3.94. The molecule has 0 bridgehead atoms. The number of para-hydroxylation sites is 1. The third kappa shape index (κ3) is 3.47. The molecule has 0 radical (unpaired) electrons. The fraction of sp³-hybridized carbons (Fsp3) is 0.235. The van der Waals surface area contributed by atoms with Gasteiger partial charge in [-0.1, -0.05) is 25.1 Å². The minimum absolute atomic E-state index is 0.0284. The van der Waals surface area contributed by atoms with Crippen LogP contribution in [0.1, 0.15) is 20.3 Å². The van der Waals surface area contributed by atoms with Gasteiger partial charge < -0.3 is 10.1 Å². The van der Waals surface area contributed by atoms with E-state index in [-0.39, 0.29) is 23.4 Å². The van der Waals surface area contributed by atoms with Crippen LogP contribution < -0.4 is 10.1 Å². The van der Waals surface area contributed by atoms with Crippen LogP contribution in [0.15, 0.2) is 42.9 Å². The summed E-state index contributed by atoms with van der Waals surface area (Å²) in [5.74, 6) is 0.413. The maximum absolute atomic E-state index is 11.6. The zero-order valence-electron chi connectivity index (χ0n) is 13.8. The number of anilines is 1. The van der Waals surface area contributed by atoms with Crippen LogP contribution in [0.2, 0.25) is 0 Å². The van der Waals surface area contributed by atoms with E-state index in [9.17, 15) is 10.1 Å². The van der Waals surface area contributed by atoms with Crippen molar-refractivity contribution in [1.82, 2.24) is 15.0 Å². The fourth-order valence-corrected chi connectivity index (χ4v) is 2.31. The van der Waals surface area contributed by atoms with Crippen molar-refractivity contribution in [2.24, 2.45) is 0 Å². The minimum Gasteiger partial charge on any atom is -0.431 e. The topological polar surface area (TPSA) is 103 Å². The lowest BCUT2D eigenvalue weighted by atomic mass is 10.2. The van der Waals surface area contributed by atoms with Crippen molar-refractivity contribution < 1.29 is 9.66 Å². The van der Waals surface area contributed by atoms with Gasteiger partial charge in [0.25, 0.3) is 0 Å². The molecule has 3 rings (SSSR count). The molecule has 25 heavy (non-hydrogen) atoms. The molecule has 8 nitrogen and oxygen atoms in total. The molecule has 0 aliphatic carbocycles. The van der Waals surface area contributed by atoms with Crippen molar-refractivity contribution in [2.75, 3.05) is 5.32 Å². The molecule has 1 atom stereocenters. The molecule has 128 valence electrons. The van der Waals surface area contributed by atoms with Crippen molar-refractivity contribution in [3.8, 4) is 11.6 Å². The first-order valence-corrected chi connectivity index (χ1v) is 7.87. The van der Waals surface area contributed by atoms with Crippen LogP contribution in [0, 0.1) is 10.1 Å². The number of rotatable bonds is 6. The van der Waals surface area contributed by atoms with E-state index in [4.69, 9.17) is 4.74 Å². The summed E-state index contributed by atoms with van der Waals surface area (Å²) in [6.45, 7) is 3.89. The Hall–Kier alpha value is -3.29. The van der Waals surface area contributed by atoms with Gasteiger partial charge in [0.15, 0.2) is 5.75 Å². The van der Waals surface area contributed by atoms with Crippen molar-refractivity contribution in [1.29, 1.82) is 0 Å². The highest BCUT2D eigenvalue weighted by Crippen LogP contribution is 2.36. The summed E-state index contributed by atoms with van der Waals surface area (Å²) in [7, 11) is 0. The highest BCUT2D eigenvalue weighted by atomic mass is 16.6. The Bertz CT molecular complexity index is 910. The molecule has 1 N–H and O–H groups in total. The number of nitro groups is 1. The standard InChI is InChI=1S/C17H17N5O3/c1-3-11(2)21-16-15(22(23)24)17(20-10-19-16)25-13-8-4-6-12-7-5-9-18-14(12)13/h4-11H,3H2,1-2H3,(H,19,20,21). The molecule has 0 aliphatic rings. The monoisotopic (exact) mass is 339 g/mol. The zero-order valence-corrected chi connectivity index (χ0v) is 13.8. The van der Waals surface area contributed by atoms with Crippen LogP contribution in [0.5, 0.6) is 11.6 Å². The van der Waals surface area contributed by atoms with Crippen LogP contribution >= 0.6 is 0 Å². The molecule has 1 aromatic carbocycles. The number of fused-ring (bicyclic) bond motifs is 1. The first kappa shape index (κ1) is 16.6. The van der Waals surface area contributed by atoms with Gasteiger partial charge in [-0.3, -0.25) is 15.1 Å². The Labute approximate surface area is 144 Å². The number of nitrogens with one attached hydrogen (secondary N) is 1. The maximum atomic E-state index is 11.6. The average molecular weight is 339 g/mol. The lowest BCUT2D eigenvalue weighted by molar-refractivity contribution is -0.385. The van der Waals surface area contributed by atoms with Crippen molar-refractivity contribution in [3.63, 3.8) is 0 Å². The summed E-state index contributed by atoms with van der Waals surface area (Å²) in [6.07, 6.45) is 3.68. The molecule has 2 aromatic heterocycles. The highest BCUT2D eigenvalue weighted by Gasteiger charge is 2.26. The molecule has 0 amide bonds. The average Bonchev–Trinajstić information content (AvgIpc) is 2.62. The minimum atomic E-state index is -0.543. The van der Waals surface area contributed by atoms with Crippen molar-refractivity contribution >= 4 is 22.4 Å². The third-order valence-electron chi connectivity index (χ3n) is 3.77. The number of benzene rings is 1. The lowest BCUT2D eigenvalue weighted by Crippen LogP contribution is -2.16. The first-order chi connectivity index (χ1) is 12.1. The molecule has 0 saturated carbocycles. The van der Waals surface area contributed by atoms with E-state index >= 15 is 0 Å². The molecule has 8 heteroatoms. The number of nitrogens with zero attached hydrogens (tertiary/aromatic N) is 4. The van der Waals surface area contributed by atoms with Crippen LogP contribution in [0.3, 0.4) is 0 Å². The quantitative estimate of drug-likeness (QED) is 0.536. The Morgan fingerprint density at radius 2 is 2.04 bits per heavy atom. The van der Waals surface area contributed by atoms with Gasteiger partial charge in [0.2, 0.25) is 5.82 Å². The molecule has 2 heterocycles. The Balaban J connectivity index is 2.04. The number of hydrogen-bond donors (Lipinski definition) is 1. The predicted molar refractivity (Wildman–Crippen MR) is 93.9 cm³/mol. The van der Waals surface area contributed by atoms with E-state index in [2.05, 4.69) is 20.3 Å². The Morgan fingerprint density at radius 3 is 2.80 bits per heavy atom. The molecule has 0 spiro atoms. The summed E-state index contributed by atoms with van der Waals surface area (Å²) in [5, 5.41) is 15.4. The van der Waals surface area contributed by atoms with E-state index in [1.54, 1.807) is 18.3 Å². The molecular formula is C17H17N5O3. The molecule has 3 aromatic rings. The van der Waals surface area contributed by atoms with E-state index in [0.717, 1.165) is 11.8 Å². The van der Waals surface area contributed by atoms with Gasteiger partial charge >= 0.3 is 11.6 Å². The van der Waals surface area contributed by atoms with Gasteiger partial charge in [-0.25, -0.2) is 4.98 Å². The van der Waals surface area contributed by atoms with Crippen LogP contribution in [-0.4, -0.2) is 25.9 Å². The number of ether oxygens (including phenoxy) is 1. The Morgan fingerprint density at radius 1 is 1.24 bits per heavy atom. The second-order valence-electron chi connectivity index (χ2n) is 5.52.